The van der Waals surface area contributed by atoms with Crippen LogP contribution < -0.4 is 5.56 Å². The normalized spacial score (nSPS) is 11.0. The molecular formula is C14H16N6O2. The topological polar surface area (TPSA) is 93.3 Å². The highest BCUT2D eigenvalue weighted by Gasteiger charge is 2.13. The highest BCUT2D eigenvalue weighted by molar-refractivity contribution is 5.93. The maximum Gasteiger partial charge on any atom is 0.283 e. The van der Waals surface area contributed by atoms with Gasteiger partial charge in [-0.1, -0.05) is 6.08 Å². The van der Waals surface area contributed by atoms with Gasteiger partial charge < -0.3 is 4.90 Å². The summed E-state index contributed by atoms with van der Waals surface area (Å²) in [5.74, 6) is -0.0604. The van der Waals surface area contributed by atoms with Crippen LogP contribution in [0.3, 0.4) is 0 Å². The Morgan fingerprint density at radius 2 is 2.18 bits per heavy atom. The Bertz CT molecular complexity index is 822. The third-order valence-corrected chi connectivity index (χ3v) is 2.72. The molecule has 0 saturated heterocycles. The summed E-state index contributed by atoms with van der Waals surface area (Å²) in [6.45, 7) is 5.21. The molecule has 0 atom stereocenters. The van der Waals surface area contributed by atoms with E-state index in [0.29, 0.717) is 0 Å². The summed E-state index contributed by atoms with van der Waals surface area (Å²) in [7, 11) is 3.61. The quantitative estimate of drug-likeness (QED) is 0.351. The van der Waals surface area contributed by atoms with Crippen LogP contribution in [0.5, 0.6) is 0 Å². The first-order valence-electron chi connectivity index (χ1n) is 6.54. The van der Waals surface area contributed by atoms with Crippen molar-refractivity contribution in [2.24, 2.45) is 4.99 Å². The van der Waals surface area contributed by atoms with Gasteiger partial charge >= 0.3 is 0 Å². The van der Waals surface area contributed by atoms with Crippen molar-refractivity contribution >= 4 is 29.2 Å². The number of carbonyl (C=O) groups is 1. The first-order valence-corrected chi connectivity index (χ1v) is 6.54. The number of carbonyl (C=O) groups excluding carboxylic acids is 1. The van der Waals surface area contributed by atoms with Crippen LogP contribution in [0.25, 0.3) is 11.2 Å². The number of ketones is 1. The zero-order valence-electron chi connectivity index (χ0n) is 12.6. The van der Waals surface area contributed by atoms with E-state index in [2.05, 4.69) is 26.5 Å². The average molecular weight is 300 g/mol. The van der Waals surface area contributed by atoms with E-state index in [1.807, 2.05) is 0 Å². The zero-order valence-corrected chi connectivity index (χ0v) is 12.6. The molecule has 2 rings (SSSR count). The van der Waals surface area contributed by atoms with Gasteiger partial charge in [0, 0.05) is 27.6 Å². The Hall–Kier alpha value is -2.90. The standard InChI is InChI=1S/C14H16N6O2/c1-5-6-20-13(22)11-12(15-7-10(17-11)9(2)21)18-14(20)16-8-19(3)4/h5,7-8H,1,6H2,2-4H3/b16-8+. The fourth-order valence-corrected chi connectivity index (χ4v) is 1.71. The number of aliphatic imine (C=N–C) groups is 1. The van der Waals surface area contributed by atoms with E-state index in [1.54, 1.807) is 25.1 Å². The maximum atomic E-state index is 12.5. The molecule has 114 valence electrons. The number of hydrogen-bond acceptors (Lipinski definition) is 6. The zero-order chi connectivity index (χ0) is 16.3. The number of rotatable bonds is 5. The van der Waals surface area contributed by atoms with Crippen LogP contribution in [-0.2, 0) is 6.54 Å². The Labute approximate surface area is 126 Å². The smallest absolute Gasteiger partial charge is 0.283 e. The number of hydrogen-bond donors (Lipinski definition) is 0. The highest BCUT2D eigenvalue weighted by atomic mass is 16.1. The second kappa shape index (κ2) is 6.25. The van der Waals surface area contributed by atoms with Crippen molar-refractivity contribution in [2.75, 3.05) is 14.1 Å². The molecule has 2 heterocycles. The molecule has 0 aliphatic heterocycles. The molecular weight excluding hydrogens is 284 g/mol. The lowest BCUT2D eigenvalue weighted by Crippen LogP contribution is -2.23. The molecule has 0 amide bonds. The van der Waals surface area contributed by atoms with Gasteiger partial charge in [-0.05, 0) is 0 Å². The lowest BCUT2D eigenvalue weighted by Gasteiger charge is -2.09. The molecule has 8 nitrogen and oxygen atoms in total. The lowest BCUT2D eigenvalue weighted by atomic mass is 10.3. The van der Waals surface area contributed by atoms with Crippen molar-refractivity contribution < 1.29 is 4.79 Å². The van der Waals surface area contributed by atoms with Gasteiger partial charge in [0.05, 0.1) is 12.5 Å². The molecule has 0 saturated carbocycles. The number of nitrogens with zero attached hydrogens (tertiary/aromatic N) is 6. The summed E-state index contributed by atoms with van der Waals surface area (Å²) in [5, 5.41) is 0. The second-order valence-electron chi connectivity index (χ2n) is 4.81. The highest BCUT2D eigenvalue weighted by Crippen LogP contribution is 2.11. The fraction of sp³-hybridized carbons (Fsp3) is 0.286. The van der Waals surface area contributed by atoms with Gasteiger partial charge in [-0.15, -0.1) is 6.58 Å². The van der Waals surface area contributed by atoms with E-state index < -0.39 is 5.56 Å². The molecule has 0 N–H and O–H groups in total. The van der Waals surface area contributed by atoms with Gasteiger partial charge in [-0.3, -0.25) is 14.2 Å². The van der Waals surface area contributed by atoms with Crippen molar-refractivity contribution in [3.63, 3.8) is 0 Å². The summed E-state index contributed by atoms with van der Waals surface area (Å²) in [6.07, 6.45) is 4.39. The molecule has 0 unspecified atom stereocenters. The Morgan fingerprint density at radius 3 is 2.77 bits per heavy atom. The third-order valence-electron chi connectivity index (χ3n) is 2.72. The first kappa shape index (κ1) is 15.5. The average Bonchev–Trinajstić information content (AvgIpc) is 2.48. The third kappa shape index (κ3) is 3.05. The van der Waals surface area contributed by atoms with Crippen LogP contribution in [0.2, 0.25) is 0 Å². The van der Waals surface area contributed by atoms with Gasteiger partial charge in [-0.2, -0.15) is 4.98 Å². The molecule has 0 fully saturated rings. The summed E-state index contributed by atoms with van der Waals surface area (Å²) in [6, 6.07) is 0. The number of Topliss-reactive ketones (excluding diaryl/α,β-unsaturated/α-hetero) is 1. The SMILES string of the molecule is C=CCn1c(/N=C/N(C)C)nc2ncc(C(C)=O)nc2c1=O. The molecule has 2 aromatic rings. The largest absolute Gasteiger partial charge is 0.369 e. The minimum absolute atomic E-state index is 0.0401. The first-order chi connectivity index (χ1) is 10.4. The van der Waals surface area contributed by atoms with Crippen LogP contribution >= 0.6 is 0 Å². The summed E-state index contributed by atoms with van der Waals surface area (Å²) < 4.78 is 1.33. The van der Waals surface area contributed by atoms with E-state index in [-0.39, 0.29) is 35.1 Å². The van der Waals surface area contributed by atoms with E-state index in [4.69, 9.17) is 0 Å². The van der Waals surface area contributed by atoms with E-state index in [9.17, 15) is 9.59 Å². The van der Waals surface area contributed by atoms with Crippen LogP contribution in [-0.4, -0.2) is 50.6 Å². The molecule has 22 heavy (non-hydrogen) atoms. The summed E-state index contributed by atoms with van der Waals surface area (Å²) in [4.78, 5) is 42.1. The molecule has 2 aromatic heterocycles. The maximum absolute atomic E-state index is 12.5. The van der Waals surface area contributed by atoms with Crippen molar-refractivity contribution in [1.29, 1.82) is 0 Å². The van der Waals surface area contributed by atoms with Gasteiger partial charge in [0.15, 0.2) is 16.9 Å². The lowest BCUT2D eigenvalue weighted by molar-refractivity contribution is 0.101. The van der Waals surface area contributed by atoms with Crippen LogP contribution in [0, 0.1) is 0 Å². The minimum Gasteiger partial charge on any atom is -0.369 e. The fourth-order valence-electron chi connectivity index (χ4n) is 1.71. The van der Waals surface area contributed by atoms with Crippen molar-refractivity contribution in [3.05, 3.63) is 34.9 Å². The molecule has 0 radical (unpaired) electrons. The molecule has 0 aromatic carbocycles. The van der Waals surface area contributed by atoms with Gasteiger partial charge in [0.2, 0.25) is 5.95 Å². The second-order valence-corrected chi connectivity index (χ2v) is 4.81. The predicted octanol–water partition coefficient (Wildman–Crippen LogP) is 0.797. The number of allylic oxidation sites excluding steroid dienone is 1. The van der Waals surface area contributed by atoms with Crippen LogP contribution in [0.4, 0.5) is 5.95 Å². The predicted molar refractivity (Wildman–Crippen MR) is 83.6 cm³/mol. The monoisotopic (exact) mass is 300 g/mol. The molecule has 0 bridgehead atoms. The number of aromatic nitrogens is 4. The molecule has 0 spiro atoms. The Balaban J connectivity index is 2.74. The molecule has 0 aliphatic carbocycles. The van der Waals surface area contributed by atoms with E-state index in [1.165, 1.54) is 24.0 Å². The molecule has 0 aliphatic rings. The number of fused-ring (bicyclic) bond motifs is 1. The van der Waals surface area contributed by atoms with Gasteiger partial charge in [0.1, 0.15) is 5.69 Å². The summed E-state index contributed by atoms with van der Waals surface area (Å²) >= 11 is 0. The summed E-state index contributed by atoms with van der Waals surface area (Å²) in [5.41, 5.74) is -0.0907. The Morgan fingerprint density at radius 1 is 1.45 bits per heavy atom. The van der Waals surface area contributed by atoms with E-state index >= 15 is 0 Å². The molecule has 8 heteroatoms. The van der Waals surface area contributed by atoms with Crippen molar-refractivity contribution in [3.8, 4) is 0 Å². The van der Waals surface area contributed by atoms with Gasteiger partial charge in [-0.25, -0.2) is 15.0 Å². The van der Waals surface area contributed by atoms with Gasteiger partial charge in [0.25, 0.3) is 5.56 Å². The van der Waals surface area contributed by atoms with E-state index in [0.717, 1.165) is 0 Å². The minimum atomic E-state index is -0.411. The van der Waals surface area contributed by atoms with Crippen molar-refractivity contribution in [1.82, 2.24) is 24.4 Å². The Kier molecular flexibility index (Phi) is 4.40. The van der Waals surface area contributed by atoms with Crippen molar-refractivity contribution in [2.45, 2.75) is 13.5 Å². The van der Waals surface area contributed by atoms with Crippen LogP contribution in [0.15, 0.2) is 28.6 Å². The van der Waals surface area contributed by atoms with Crippen LogP contribution in [0.1, 0.15) is 17.4 Å².